The Morgan fingerprint density at radius 3 is 2.27 bits per heavy atom. The van der Waals surface area contributed by atoms with Crippen molar-refractivity contribution >= 4 is 0 Å². The number of aryl methyl sites for hydroxylation is 1. The Morgan fingerprint density at radius 2 is 1.87 bits per heavy atom. The molecule has 0 unspecified atom stereocenters. The van der Waals surface area contributed by atoms with E-state index in [4.69, 9.17) is 5.11 Å². The Labute approximate surface area is 93.1 Å². The average molecular weight is 205 g/mol. The van der Waals surface area contributed by atoms with Gasteiger partial charge in [-0.2, -0.15) is 0 Å². The molecule has 0 aliphatic heterocycles. The predicted molar refractivity (Wildman–Crippen MR) is 65.0 cm³/mol. The van der Waals surface area contributed by atoms with Gasteiger partial charge in [-0.1, -0.05) is 45.9 Å². The normalized spacial score (nSPS) is 12.2. The predicted octanol–water partition coefficient (Wildman–Crippen LogP) is 3.23. The molecule has 1 rings (SSSR count). The minimum Gasteiger partial charge on any atom is -0.395 e. The van der Waals surface area contributed by atoms with Gasteiger partial charge in [0.25, 0.3) is 0 Å². The van der Waals surface area contributed by atoms with Crippen molar-refractivity contribution in [3.05, 3.63) is 40.8 Å². The van der Waals surface area contributed by atoms with E-state index in [0.717, 1.165) is 11.5 Å². The SMILES string of the molecule is C[C](CO)c1ccc(C(C)(C)C)c(C)c1. The van der Waals surface area contributed by atoms with Gasteiger partial charge >= 0.3 is 0 Å². The maximum Gasteiger partial charge on any atom is 0.0534 e. The summed E-state index contributed by atoms with van der Waals surface area (Å²) in [7, 11) is 0. The van der Waals surface area contributed by atoms with Crippen molar-refractivity contribution in [1.29, 1.82) is 0 Å². The van der Waals surface area contributed by atoms with Crippen LogP contribution in [0, 0.1) is 12.8 Å². The molecule has 15 heavy (non-hydrogen) atoms. The first-order chi connectivity index (χ1) is 6.86. The summed E-state index contributed by atoms with van der Waals surface area (Å²) in [4.78, 5) is 0. The van der Waals surface area contributed by atoms with Crippen molar-refractivity contribution in [2.45, 2.75) is 40.0 Å². The molecule has 1 aromatic rings. The number of aliphatic hydroxyl groups excluding tert-OH is 1. The highest BCUT2D eigenvalue weighted by Crippen LogP contribution is 2.27. The van der Waals surface area contributed by atoms with Gasteiger partial charge in [0.05, 0.1) is 6.61 Å². The molecule has 1 N–H and O–H groups in total. The van der Waals surface area contributed by atoms with Gasteiger partial charge in [-0.3, -0.25) is 0 Å². The van der Waals surface area contributed by atoms with Crippen molar-refractivity contribution in [1.82, 2.24) is 0 Å². The number of hydrogen-bond acceptors (Lipinski definition) is 1. The summed E-state index contributed by atoms with van der Waals surface area (Å²) in [5.74, 6) is 1.03. The minimum atomic E-state index is 0.133. The quantitative estimate of drug-likeness (QED) is 0.786. The van der Waals surface area contributed by atoms with Crippen LogP contribution in [0.1, 0.15) is 44.4 Å². The third kappa shape index (κ3) is 2.82. The minimum absolute atomic E-state index is 0.133. The summed E-state index contributed by atoms with van der Waals surface area (Å²) in [5, 5.41) is 9.07. The number of aliphatic hydroxyl groups is 1. The van der Waals surface area contributed by atoms with Crippen LogP contribution < -0.4 is 0 Å². The molecule has 0 atom stereocenters. The van der Waals surface area contributed by atoms with Crippen LogP contribution >= 0.6 is 0 Å². The Bertz CT molecular complexity index is 334. The van der Waals surface area contributed by atoms with E-state index in [-0.39, 0.29) is 12.0 Å². The third-order valence-corrected chi connectivity index (χ3v) is 2.76. The molecular weight excluding hydrogens is 184 g/mol. The molecule has 0 heterocycles. The van der Waals surface area contributed by atoms with Crippen LogP contribution in [0.15, 0.2) is 18.2 Å². The highest BCUT2D eigenvalue weighted by atomic mass is 16.3. The fourth-order valence-corrected chi connectivity index (χ4v) is 1.86. The van der Waals surface area contributed by atoms with Gasteiger partial charge in [0.15, 0.2) is 0 Å². The second kappa shape index (κ2) is 4.36. The Balaban J connectivity index is 3.09. The summed E-state index contributed by atoms with van der Waals surface area (Å²) >= 11 is 0. The summed E-state index contributed by atoms with van der Waals surface area (Å²) in [6, 6.07) is 6.43. The largest absolute Gasteiger partial charge is 0.395 e. The zero-order valence-corrected chi connectivity index (χ0v) is 10.4. The Morgan fingerprint density at radius 1 is 1.27 bits per heavy atom. The van der Waals surface area contributed by atoms with Crippen LogP contribution in [0.3, 0.4) is 0 Å². The highest BCUT2D eigenvalue weighted by molar-refractivity contribution is 5.40. The van der Waals surface area contributed by atoms with E-state index in [0.29, 0.717) is 0 Å². The summed E-state index contributed by atoms with van der Waals surface area (Å²) in [5.41, 5.74) is 4.00. The van der Waals surface area contributed by atoms with Gasteiger partial charge in [-0.05, 0) is 29.0 Å². The Hall–Kier alpha value is -0.820. The van der Waals surface area contributed by atoms with Gasteiger partial charge in [0, 0.05) is 5.92 Å². The van der Waals surface area contributed by atoms with Crippen molar-refractivity contribution in [3.8, 4) is 0 Å². The fourth-order valence-electron chi connectivity index (χ4n) is 1.86. The molecule has 1 radical (unpaired) electrons. The molecule has 1 nitrogen and oxygen atoms in total. The van der Waals surface area contributed by atoms with Gasteiger partial charge in [0.2, 0.25) is 0 Å². The molecule has 0 fully saturated rings. The average Bonchev–Trinajstić information content (AvgIpc) is 2.14. The molecule has 0 saturated heterocycles. The van der Waals surface area contributed by atoms with E-state index in [1.165, 1.54) is 11.1 Å². The van der Waals surface area contributed by atoms with Crippen LogP contribution in [0.2, 0.25) is 0 Å². The van der Waals surface area contributed by atoms with Crippen LogP contribution in [-0.4, -0.2) is 11.7 Å². The molecule has 0 spiro atoms. The molecule has 1 heteroatoms. The third-order valence-electron chi connectivity index (χ3n) is 2.76. The lowest BCUT2D eigenvalue weighted by Gasteiger charge is -2.22. The van der Waals surface area contributed by atoms with E-state index in [2.05, 4.69) is 45.9 Å². The van der Waals surface area contributed by atoms with Crippen LogP contribution in [0.4, 0.5) is 0 Å². The first-order valence-corrected chi connectivity index (χ1v) is 5.41. The second-order valence-corrected chi connectivity index (χ2v) is 5.22. The number of hydrogen-bond donors (Lipinski definition) is 1. The molecule has 0 saturated carbocycles. The zero-order chi connectivity index (χ0) is 11.6. The van der Waals surface area contributed by atoms with Gasteiger partial charge in [-0.15, -0.1) is 0 Å². The first-order valence-electron chi connectivity index (χ1n) is 5.41. The van der Waals surface area contributed by atoms with E-state index in [1.54, 1.807) is 0 Å². The number of benzene rings is 1. The van der Waals surface area contributed by atoms with Gasteiger partial charge in [-0.25, -0.2) is 0 Å². The maximum absolute atomic E-state index is 9.07. The molecule has 0 bridgehead atoms. The van der Waals surface area contributed by atoms with E-state index < -0.39 is 0 Å². The maximum atomic E-state index is 9.07. The van der Waals surface area contributed by atoms with Crippen LogP contribution in [-0.2, 0) is 5.41 Å². The molecule has 0 aliphatic rings. The Kier molecular flexibility index (Phi) is 3.56. The monoisotopic (exact) mass is 205 g/mol. The topological polar surface area (TPSA) is 20.2 Å². The van der Waals surface area contributed by atoms with Crippen LogP contribution in [0.5, 0.6) is 0 Å². The molecular formula is C14H21O. The number of rotatable bonds is 2. The summed E-state index contributed by atoms with van der Waals surface area (Å²) in [6.45, 7) is 10.9. The lowest BCUT2D eigenvalue weighted by atomic mass is 9.82. The van der Waals surface area contributed by atoms with E-state index in [1.807, 2.05) is 6.92 Å². The lowest BCUT2D eigenvalue weighted by Crippen LogP contribution is -2.13. The van der Waals surface area contributed by atoms with Crippen molar-refractivity contribution in [3.63, 3.8) is 0 Å². The molecule has 83 valence electrons. The van der Waals surface area contributed by atoms with Crippen molar-refractivity contribution in [2.75, 3.05) is 6.61 Å². The van der Waals surface area contributed by atoms with E-state index >= 15 is 0 Å². The smallest absolute Gasteiger partial charge is 0.0534 e. The molecule has 0 aliphatic carbocycles. The van der Waals surface area contributed by atoms with E-state index in [9.17, 15) is 0 Å². The zero-order valence-electron chi connectivity index (χ0n) is 10.4. The molecule has 0 amide bonds. The van der Waals surface area contributed by atoms with Gasteiger partial charge < -0.3 is 5.11 Å². The molecule has 1 aromatic carbocycles. The fraction of sp³-hybridized carbons (Fsp3) is 0.500. The second-order valence-electron chi connectivity index (χ2n) is 5.22. The van der Waals surface area contributed by atoms with Crippen LogP contribution in [0.25, 0.3) is 0 Å². The van der Waals surface area contributed by atoms with Crippen molar-refractivity contribution < 1.29 is 5.11 Å². The summed E-state index contributed by atoms with van der Waals surface area (Å²) < 4.78 is 0. The van der Waals surface area contributed by atoms with Crippen molar-refractivity contribution in [2.24, 2.45) is 0 Å². The molecule has 0 aromatic heterocycles. The lowest BCUT2D eigenvalue weighted by molar-refractivity contribution is 0.315. The summed E-state index contributed by atoms with van der Waals surface area (Å²) in [6.07, 6.45) is 0. The first kappa shape index (κ1) is 12.3. The highest BCUT2D eigenvalue weighted by Gasteiger charge is 2.16. The standard InChI is InChI=1S/C14H21O/c1-10-8-12(11(2)9-15)6-7-13(10)14(3,4)5/h6-8,15H,9H2,1-5H3. The van der Waals surface area contributed by atoms with Gasteiger partial charge in [0.1, 0.15) is 0 Å².